The lowest BCUT2D eigenvalue weighted by Gasteiger charge is -2.06. The van der Waals surface area contributed by atoms with Gasteiger partial charge in [-0.25, -0.2) is 0 Å². The van der Waals surface area contributed by atoms with E-state index >= 15 is 0 Å². The van der Waals surface area contributed by atoms with Crippen molar-refractivity contribution in [1.82, 2.24) is 0 Å². The number of thiocarbonyl (C=S) groups is 2. The van der Waals surface area contributed by atoms with Gasteiger partial charge in [0.05, 0.1) is 21.1 Å². The van der Waals surface area contributed by atoms with Crippen LogP contribution in [0.5, 0.6) is 0 Å². The Morgan fingerprint density at radius 1 is 0.682 bits per heavy atom. The fourth-order valence-corrected chi connectivity index (χ4v) is 3.62. The first kappa shape index (κ1) is 14.2. The highest BCUT2D eigenvalue weighted by atomic mass is 35.5. The van der Waals surface area contributed by atoms with Gasteiger partial charge < -0.3 is 10.6 Å². The Morgan fingerprint density at radius 2 is 1.09 bits per heavy atom. The maximum atomic E-state index is 6.06. The molecule has 0 unspecified atom stereocenters. The maximum Gasteiger partial charge on any atom is 0.0829 e. The molecule has 4 rings (SSSR count). The van der Waals surface area contributed by atoms with Gasteiger partial charge in [-0.1, -0.05) is 47.6 Å². The van der Waals surface area contributed by atoms with E-state index in [1.807, 2.05) is 36.4 Å². The third kappa shape index (κ3) is 2.07. The van der Waals surface area contributed by atoms with E-state index in [1.54, 1.807) is 0 Å². The number of hydrogen-bond donors (Lipinski definition) is 2. The molecule has 0 spiro atoms. The second kappa shape index (κ2) is 5.03. The Labute approximate surface area is 148 Å². The van der Waals surface area contributed by atoms with Crippen LogP contribution in [0.4, 0.5) is 11.4 Å². The molecule has 22 heavy (non-hydrogen) atoms. The lowest BCUT2D eigenvalue weighted by Crippen LogP contribution is -2.11. The molecule has 2 nitrogen and oxygen atoms in total. The van der Waals surface area contributed by atoms with Gasteiger partial charge in [-0.15, -0.1) is 0 Å². The quantitative estimate of drug-likeness (QED) is 0.497. The predicted octanol–water partition coefficient (Wildman–Crippen LogP) is 5.19. The molecule has 2 heterocycles. The molecule has 0 saturated carbocycles. The second-order valence-corrected chi connectivity index (χ2v) is 6.73. The van der Waals surface area contributed by atoms with Crippen molar-refractivity contribution in [1.29, 1.82) is 0 Å². The molecule has 2 aliphatic rings. The summed E-state index contributed by atoms with van der Waals surface area (Å²) in [5, 5.41) is 7.98. The van der Waals surface area contributed by atoms with Crippen molar-refractivity contribution in [2.45, 2.75) is 0 Å². The standard InChI is InChI=1S/C16H8Cl2N2S2/c17-7-1-3-11-9(5-7)15(21)13(19-11)14-16(22)10-6-8(18)2-4-12(10)20-14/h1-6,19-20H/b14-13+. The van der Waals surface area contributed by atoms with Crippen molar-refractivity contribution in [2.24, 2.45) is 0 Å². The highest BCUT2D eigenvalue weighted by molar-refractivity contribution is 7.82. The summed E-state index contributed by atoms with van der Waals surface area (Å²) >= 11 is 23.3. The van der Waals surface area contributed by atoms with E-state index in [1.165, 1.54) is 0 Å². The number of halogens is 2. The molecular formula is C16H8Cl2N2S2. The number of anilines is 2. The SMILES string of the molecule is S=C1/C(=C2\Nc3ccc(Cl)cc3C2=S)Nc2ccc(Cl)cc21. The summed E-state index contributed by atoms with van der Waals surface area (Å²) in [6, 6.07) is 11.2. The lowest BCUT2D eigenvalue weighted by atomic mass is 10.1. The van der Waals surface area contributed by atoms with E-state index in [4.69, 9.17) is 47.6 Å². The zero-order chi connectivity index (χ0) is 15.4. The largest absolute Gasteiger partial charge is 0.352 e. The normalized spacial score (nSPS) is 18.8. The van der Waals surface area contributed by atoms with Gasteiger partial charge in [-0.05, 0) is 36.4 Å². The number of allylic oxidation sites excluding steroid dienone is 2. The zero-order valence-electron chi connectivity index (χ0n) is 11.0. The van der Waals surface area contributed by atoms with Crippen LogP contribution in [0.3, 0.4) is 0 Å². The van der Waals surface area contributed by atoms with Gasteiger partial charge >= 0.3 is 0 Å². The first-order chi connectivity index (χ1) is 10.5. The molecule has 0 bridgehead atoms. The molecule has 6 heteroatoms. The number of rotatable bonds is 0. The predicted molar refractivity (Wildman–Crippen MR) is 101 cm³/mol. The van der Waals surface area contributed by atoms with Gasteiger partial charge in [0.1, 0.15) is 0 Å². The molecule has 2 N–H and O–H groups in total. The summed E-state index contributed by atoms with van der Waals surface area (Å²) in [4.78, 5) is 1.42. The number of hydrogen-bond acceptors (Lipinski definition) is 4. The first-order valence-corrected chi connectivity index (χ1v) is 8.08. The molecule has 0 aliphatic carbocycles. The number of benzene rings is 2. The Morgan fingerprint density at radius 3 is 1.50 bits per heavy atom. The summed E-state index contributed by atoms with van der Waals surface area (Å²) in [5.41, 5.74) is 5.34. The van der Waals surface area contributed by atoms with Crippen LogP contribution in [0, 0.1) is 0 Å². The van der Waals surface area contributed by atoms with Crippen molar-refractivity contribution in [3.63, 3.8) is 0 Å². The molecule has 108 valence electrons. The van der Waals surface area contributed by atoms with Crippen LogP contribution < -0.4 is 10.6 Å². The van der Waals surface area contributed by atoms with Crippen LogP contribution in [0.15, 0.2) is 47.8 Å². The van der Waals surface area contributed by atoms with E-state index in [9.17, 15) is 0 Å². The fraction of sp³-hybridized carbons (Fsp3) is 0. The fourth-order valence-electron chi connectivity index (χ4n) is 2.63. The summed E-state index contributed by atoms with van der Waals surface area (Å²) in [6.07, 6.45) is 0. The molecule has 0 atom stereocenters. The molecule has 0 aromatic heterocycles. The molecule has 2 aromatic rings. The molecule has 2 aromatic carbocycles. The van der Waals surface area contributed by atoms with E-state index in [-0.39, 0.29) is 0 Å². The Bertz CT molecular complexity index is 830. The van der Waals surface area contributed by atoms with Crippen molar-refractivity contribution in [3.05, 3.63) is 69.0 Å². The molecule has 2 aliphatic heterocycles. The minimum Gasteiger partial charge on any atom is -0.352 e. The van der Waals surface area contributed by atoms with Crippen molar-refractivity contribution in [2.75, 3.05) is 10.6 Å². The lowest BCUT2D eigenvalue weighted by molar-refractivity contribution is 1.50. The summed E-state index contributed by atoms with van der Waals surface area (Å²) in [5.74, 6) is 0. The minimum absolute atomic E-state index is 0.658. The average Bonchev–Trinajstić information content (AvgIpc) is 2.98. The monoisotopic (exact) mass is 362 g/mol. The van der Waals surface area contributed by atoms with Crippen LogP contribution in [-0.2, 0) is 0 Å². The number of fused-ring (bicyclic) bond motifs is 2. The van der Waals surface area contributed by atoms with Crippen LogP contribution in [0.25, 0.3) is 0 Å². The van der Waals surface area contributed by atoms with Crippen LogP contribution >= 0.6 is 47.6 Å². The van der Waals surface area contributed by atoms with Crippen molar-refractivity contribution >= 4 is 68.7 Å². The van der Waals surface area contributed by atoms with Gasteiger partial charge in [0.15, 0.2) is 0 Å². The van der Waals surface area contributed by atoms with Gasteiger partial charge in [0.2, 0.25) is 0 Å². The highest BCUT2D eigenvalue weighted by Crippen LogP contribution is 2.37. The van der Waals surface area contributed by atoms with E-state index in [0.717, 1.165) is 33.9 Å². The second-order valence-electron chi connectivity index (χ2n) is 5.04. The van der Waals surface area contributed by atoms with Gasteiger partial charge in [-0.3, -0.25) is 0 Å². The summed E-state index contributed by atoms with van der Waals surface area (Å²) < 4.78 is 0. The van der Waals surface area contributed by atoms with Gasteiger partial charge in [0.25, 0.3) is 0 Å². The molecule has 0 fully saturated rings. The Hall–Kier alpha value is -1.46. The topological polar surface area (TPSA) is 24.1 Å². The highest BCUT2D eigenvalue weighted by Gasteiger charge is 2.30. The van der Waals surface area contributed by atoms with Crippen molar-refractivity contribution in [3.8, 4) is 0 Å². The van der Waals surface area contributed by atoms with Crippen LogP contribution in [0.1, 0.15) is 11.1 Å². The Balaban J connectivity index is 1.82. The number of nitrogens with one attached hydrogen (secondary N) is 2. The third-order valence-electron chi connectivity index (χ3n) is 3.68. The molecule has 0 amide bonds. The average molecular weight is 363 g/mol. The first-order valence-electron chi connectivity index (χ1n) is 6.51. The van der Waals surface area contributed by atoms with E-state index < -0.39 is 0 Å². The molecule has 0 radical (unpaired) electrons. The third-order valence-corrected chi connectivity index (χ3v) is 4.99. The smallest absolute Gasteiger partial charge is 0.0829 e. The van der Waals surface area contributed by atoms with Gasteiger partial charge in [-0.2, -0.15) is 0 Å². The molecule has 0 saturated heterocycles. The Kier molecular flexibility index (Phi) is 3.24. The van der Waals surface area contributed by atoms with E-state index in [0.29, 0.717) is 19.8 Å². The molecular weight excluding hydrogens is 355 g/mol. The maximum absolute atomic E-state index is 6.06. The van der Waals surface area contributed by atoms with Crippen molar-refractivity contribution < 1.29 is 0 Å². The minimum atomic E-state index is 0.658. The zero-order valence-corrected chi connectivity index (χ0v) is 14.2. The van der Waals surface area contributed by atoms with Crippen LogP contribution in [0.2, 0.25) is 10.0 Å². The van der Waals surface area contributed by atoms with Gasteiger partial charge in [0, 0.05) is 32.5 Å². The summed E-state index contributed by atoms with van der Waals surface area (Å²) in [6.45, 7) is 0. The van der Waals surface area contributed by atoms with Crippen LogP contribution in [-0.4, -0.2) is 9.73 Å². The summed E-state index contributed by atoms with van der Waals surface area (Å²) in [7, 11) is 0. The van der Waals surface area contributed by atoms with E-state index in [2.05, 4.69) is 10.6 Å².